The van der Waals surface area contributed by atoms with Gasteiger partial charge in [-0.2, -0.15) is 5.26 Å². The van der Waals surface area contributed by atoms with E-state index in [1.54, 1.807) is 0 Å². The molecule has 0 aromatic rings. The average molecular weight is 249 g/mol. The van der Waals surface area contributed by atoms with Gasteiger partial charge in [0.2, 0.25) is 0 Å². The molecule has 0 saturated heterocycles. The molecule has 2 rings (SSSR count). The van der Waals surface area contributed by atoms with E-state index in [-0.39, 0.29) is 5.54 Å². The summed E-state index contributed by atoms with van der Waals surface area (Å²) in [5.41, 5.74) is -0.271. The highest BCUT2D eigenvalue weighted by atomic mass is 15.2. The molecule has 0 radical (unpaired) electrons. The third kappa shape index (κ3) is 3.05. The van der Waals surface area contributed by atoms with Crippen LogP contribution >= 0.6 is 0 Å². The predicted molar refractivity (Wildman–Crippen MR) is 74.2 cm³/mol. The van der Waals surface area contributed by atoms with E-state index in [1.807, 2.05) is 0 Å². The summed E-state index contributed by atoms with van der Waals surface area (Å²) < 4.78 is 0. The first-order chi connectivity index (χ1) is 8.54. The molecule has 0 amide bonds. The van der Waals surface area contributed by atoms with Gasteiger partial charge in [0.15, 0.2) is 0 Å². The molecule has 0 heterocycles. The third-order valence-corrected chi connectivity index (χ3v) is 4.66. The van der Waals surface area contributed by atoms with Gasteiger partial charge in [-0.15, -0.1) is 0 Å². The molecule has 2 aliphatic rings. The molecule has 2 unspecified atom stereocenters. The van der Waals surface area contributed by atoms with Gasteiger partial charge in [0.1, 0.15) is 5.54 Å². The minimum absolute atomic E-state index is 0.271. The predicted octanol–water partition coefficient (Wildman–Crippen LogP) is 2.53. The van der Waals surface area contributed by atoms with Crippen molar-refractivity contribution >= 4 is 0 Å². The van der Waals surface area contributed by atoms with Crippen molar-refractivity contribution in [3.63, 3.8) is 0 Å². The van der Waals surface area contributed by atoms with Crippen molar-refractivity contribution in [3.8, 4) is 6.07 Å². The Morgan fingerprint density at radius 1 is 1.39 bits per heavy atom. The first kappa shape index (κ1) is 13.8. The van der Waals surface area contributed by atoms with Gasteiger partial charge in [-0.25, -0.2) is 0 Å². The molecule has 0 aliphatic heterocycles. The number of rotatable bonds is 5. The van der Waals surface area contributed by atoms with Crippen LogP contribution in [-0.4, -0.2) is 36.1 Å². The lowest BCUT2D eigenvalue weighted by atomic mass is 9.85. The molecular formula is C15H27N3. The topological polar surface area (TPSA) is 39.1 Å². The molecule has 2 atom stereocenters. The summed E-state index contributed by atoms with van der Waals surface area (Å²) in [6.07, 6.45) is 7.39. The number of nitriles is 1. The summed E-state index contributed by atoms with van der Waals surface area (Å²) in [5.74, 6) is 0.921. The molecule has 0 aromatic heterocycles. The molecule has 18 heavy (non-hydrogen) atoms. The van der Waals surface area contributed by atoms with Gasteiger partial charge in [-0.3, -0.25) is 5.32 Å². The Hall–Kier alpha value is -0.590. The van der Waals surface area contributed by atoms with Gasteiger partial charge in [0.05, 0.1) is 6.07 Å². The highest BCUT2D eigenvalue weighted by Crippen LogP contribution is 2.34. The normalized spacial score (nSPS) is 32.8. The SMILES string of the molecule is CC(C)NC1(C#N)CCC(N(C)CC2CCC2)C1. The Kier molecular flexibility index (Phi) is 4.29. The highest BCUT2D eigenvalue weighted by molar-refractivity contribution is 5.13. The first-order valence-corrected chi connectivity index (χ1v) is 7.44. The van der Waals surface area contributed by atoms with Crippen molar-refractivity contribution in [2.45, 2.75) is 70.0 Å². The quantitative estimate of drug-likeness (QED) is 0.814. The van der Waals surface area contributed by atoms with Crippen molar-refractivity contribution in [2.75, 3.05) is 13.6 Å². The van der Waals surface area contributed by atoms with Crippen molar-refractivity contribution in [1.29, 1.82) is 5.26 Å². The Balaban J connectivity index is 1.87. The first-order valence-electron chi connectivity index (χ1n) is 7.44. The van der Waals surface area contributed by atoms with Gasteiger partial charge in [-0.1, -0.05) is 6.42 Å². The van der Waals surface area contributed by atoms with Crippen LogP contribution in [0.5, 0.6) is 0 Å². The van der Waals surface area contributed by atoms with E-state index in [1.165, 1.54) is 25.8 Å². The second-order valence-electron chi connectivity index (χ2n) is 6.63. The number of hydrogen-bond donors (Lipinski definition) is 1. The molecule has 1 N–H and O–H groups in total. The van der Waals surface area contributed by atoms with Crippen LogP contribution < -0.4 is 5.32 Å². The standard InChI is InChI=1S/C15H27N3/c1-12(2)17-15(11-16)8-7-14(9-15)18(3)10-13-5-4-6-13/h12-14,17H,4-10H2,1-3H3. The molecule has 3 nitrogen and oxygen atoms in total. The second kappa shape index (κ2) is 5.59. The molecule has 2 saturated carbocycles. The summed E-state index contributed by atoms with van der Waals surface area (Å²) in [7, 11) is 2.24. The van der Waals surface area contributed by atoms with Gasteiger partial charge in [0.25, 0.3) is 0 Å². The van der Waals surface area contributed by atoms with Crippen LogP contribution in [0.2, 0.25) is 0 Å². The molecule has 3 heteroatoms. The van der Waals surface area contributed by atoms with Crippen LogP contribution in [-0.2, 0) is 0 Å². The van der Waals surface area contributed by atoms with Crippen LogP contribution in [0.3, 0.4) is 0 Å². The molecule has 0 spiro atoms. The Labute approximate surface area is 112 Å². The van der Waals surface area contributed by atoms with Crippen LogP contribution in [0.4, 0.5) is 0 Å². The van der Waals surface area contributed by atoms with E-state index in [4.69, 9.17) is 0 Å². The average Bonchev–Trinajstić information content (AvgIpc) is 2.67. The largest absolute Gasteiger partial charge is 0.303 e. The summed E-state index contributed by atoms with van der Waals surface area (Å²) in [6.45, 7) is 5.49. The maximum Gasteiger partial charge on any atom is 0.108 e. The van der Waals surface area contributed by atoms with Crippen molar-refractivity contribution in [3.05, 3.63) is 0 Å². The zero-order valence-corrected chi connectivity index (χ0v) is 12.1. The summed E-state index contributed by atoms with van der Waals surface area (Å²) >= 11 is 0. The fourth-order valence-corrected chi connectivity index (χ4v) is 3.44. The number of nitrogens with one attached hydrogen (secondary N) is 1. The Morgan fingerprint density at radius 3 is 2.61 bits per heavy atom. The van der Waals surface area contributed by atoms with E-state index in [0.717, 1.165) is 25.2 Å². The molecule has 102 valence electrons. The maximum atomic E-state index is 9.47. The van der Waals surface area contributed by atoms with Crippen LogP contribution in [0.25, 0.3) is 0 Å². The van der Waals surface area contributed by atoms with E-state index in [9.17, 15) is 5.26 Å². The Morgan fingerprint density at radius 2 is 2.11 bits per heavy atom. The molecule has 0 aromatic carbocycles. The van der Waals surface area contributed by atoms with Gasteiger partial charge in [-0.05, 0) is 58.9 Å². The highest BCUT2D eigenvalue weighted by Gasteiger charge is 2.41. The van der Waals surface area contributed by atoms with E-state index < -0.39 is 0 Å². The van der Waals surface area contributed by atoms with Crippen LogP contribution in [0.15, 0.2) is 0 Å². The van der Waals surface area contributed by atoms with Gasteiger partial charge in [0, 0.05) is 18.6 Å². The molecular weight excluding hydrogens is 222 g/mol. The minimum atomic E-state index is -0.271. The lowest BCUT2D eigenvalue weighted by Gasteiger charge is -2.34. The zero-order valence-electron chi connectivity index (χ0n) is 12.1. The molecule has 0 bridgehead atoms. The lowest BCUT2D eigenvalue weighted by Crippen LogP contribution is -2.47. The van der Waals surface area contributed by atoms with E-state index >= 15 is 0 Å². The van der Waals surface area contributed by atoms with Gasteiger partial charge < -0.3 is 4.90 Å². The minimum Gasteiger partial charge on any atom is -0.303 e. The lowest BCUT2D eigenvalue weighted by molar-refractivity contribution is 0.159. The summed E-state index contributed by atoms with van der Waals surface area (Å²) in [5, 5.41) is 13.0. The van der Waals surface area contributed by atoms with Crippen LogP contribution in [0.1, 0.15) is 52.4 Å². The molecule has 2 aliphatic carbocycles. The van der Waals surface area contributed by atoms with Crippen molar-refractivity contribution in [2.24, 2.45) is 5.92 Å². The summed E-state index contributed by atoms with van der Waals surface area (Å²) in [6, 6.07) is 3.52. The van der Waals surface area contributed by atoms with E-state index in [0.29, 0.717) is 12.1 Å². The third-order valence-electron chi connectivity index (χ3n) is 4.66. The molecule has 2 fully saturated rings. The van der Waals surface area contributed by atoms with Crippen molar-refractivity contribution < 1.29 is 0 Å². The summed E-state index contributed by atoms with van der Waals surface area (Å²) in [4.78, 5) is 2.50. The smallest absolute Gasteiger partial charge is 0.108 e. The Bertz CT molecular complexity index is 316. The number of hydrogen-bond acceptors (Lipinski definition) is 3. The van der Waals surface area contributed by atoms with E-state index in [2.05, 4.69) is 37.2 Å². The maximum absolute atomic E-state index is 9.47. The fraction of sp³-hybridized carbons (Fsp3) is 0.933. The number of nitrogens with zero attached hydrogens (tertiary/aromatic N) is 2. The van der Waals surface area contributed by atoms with Gasteiger partial charge >= 0.3 is 0 Å². The second-order valence-corrected chi connectivity index (χ2v) is 6.63. The van der Waals surface area contributed by atoms with Crippen molar-refractivity contribution in [1.82, 2.24) is 10.2 Å². The zero-order chi connectivity index (χ0) is 13.2. The van der Waals surface area contributed by atoms with Crippen LogP contribution in [0, 0.1) is 17.2 Å². The fourth-order valence-electron chi connectivity index (χ4n) is 3.44. The monoisotopic (exact) mass is 249 g/mol.